The van der Waals surface area contributed by atoms with E-state index in [1.807, 2.05) is 17.5 Å². The largest absolute Gasteiger partial charge is 0.497 e. The Morgan fingerprint density at radius 3 is 2.71 bits per heavy atom. The molecule has 9 heteroatoms. The highest BCUT2D eigenvalue weighted by molar-refractivity contribution is 7.99. The molecule has 0 aliphatic carbocycles. The maximum Gasteiger partial charge on any atom is 0.234 e. The third-order valence-corrected chi connectivity index (χ3v) is 5.74. The van der Waals surface area contributed by atoms with E-state index in [0.29, 0.717) is 22.3 Å². The van der Waals surface area contributed by atoms with Crippen LogP contribution in [-0.2, 0) is 4.79 Å². The van der Waals surface area contributed by atoms with Gasteiger partial charge in [-0.25, -0.2) is 0 Å². The Kier molecular flexibility index (Phi) is 6.58. The molecule has 28 heavy (non-hydrogen) atoms. The summed E-state index contributed by atoms with van der Waals surface area (Å²) >= 11 is 2.97. The van der Waals surface area contributed by atoms with E-state index >= 15 is 0 Å². The van der Waals surface area contributed by atoms with Crippen molar-refractivity contribution in [3.05, 3.63) is 35.7 Å². The number of aromatic nitrogens is 3. The minimum atomic E-state index is -0.160. The number of ether oxygens (including phenoxy) is 2. The molecule has 0 aliphatic heterocycles. The van der Waals surface area contributed by atoms with Crippen LogP contribution in [0.4, 0.5) is 5.69 Å². The van der Waals surface area contributed by atoms with Gasteiger partial charge >= 0.3 is 0 Å². The number of nitrogens with zero attached hydrogens (tertiary/aromatic N) is 3. The molecule has 0 atom stereocenters. The number of anilines is 1. The molecular weight excluding hydrogens is 396 g/mol. The molecular formula is C19H22N4O3S2. The number of amides is 1. The SMILES string of the molecule is COc1ccc(OC)c(NC(=O)CSc2nnc(-c3cccs3)n2C(C)C)c1. The fourth-order valence-electron chi connectivity index (χ4n) is 2.64. The van der Waals surface area contributed by atoms with Gasteiger partial charge < -0.3 is 14.8 Å². The van der Waals surface area contributed by atoms with E-state index in [1.54, 1.807) is 43.8 Å². The van der Waals surface area contributed by atoms with Crippen LogP contribution in [0.5, 0.6) is 11.5 Å². The average molecular weight is 419 g/mol. The lowest BCUT2D eigenvalue weighted by Gasteiger charge is -2.13. The van der Waals surface area contributed by atoms with Crippen molar-refractivity contribution < 1.29 is 14.3 Å². The van der Waals surface area contributed by atoms with Gasteiger partial charge in [0, 0.05) is 12.1 Å². The number of benzene rings is 1. The predicted molar refractivity (Wildman–Crippen MR) is 113 cm³/mol. The zero-order chi connectivity index (χ0) is 20.1. The predicted octanol–water partition coefficient (Wildman–Crippen LogP) is 4.34. The van der Waals surface area contributed by atoms with Crippen molar-refractivity contribution in [3.63, 3.8) is 0 Å². The number of nitrogens with one attached hydrogen (secondary N) is 1. The molecule has 2 heterocycles. The summed E-state index contributed by atoms with van der Waals surface area (Å²) in [5.41, 5.74) is 0.567. The lowest BCUT2D eigenvalue weighted by atomic mass is 10.2. The molecule has 0 radical (unpaired) electrons. The molecule has 0 fully saturated rings. The summed E-state index contributed by atoms with van der Waals surface area (Å²) in [6, 6.07) is 9.44. The third-order valence-electron chi connectivity index (χ3n) is 3.94. The fourth-order valence-corrected chi connectivity index (χ4v) is 4.22. The van der Waals surface area contributed by atoms with Gasteiger partial charge in [0.2, 0.25) is 5.91 Å². The molecule has 0 aliphatic rings. The van der Waals surface area contributed by atoms with E-state index < -0.39 is 0 Å². The van der Waals surface area contributed by atoms with Gasteiger partial charge in [0.05, 0.1) is 30.5 Å². The highest BCUT2D eigenvalue weighted by Crippen LogP contribution is 2.31. The number of hydrogen-bond donors (Lipinski definition) is 1. The zero-order valence-electron chi connectivity index (χ0n) is 16.1. The smallest absolute Gasteiger partial charge is 0.234 e. The molecule has 3 rings (SSSR count). The number of thioether (sulfide) groups is 1. The van der Waals surface area contributed by atoms with Gasteiger partial charge in [-0.05, 0) is 37.4 Å². The van der Waals surface area contributed by atoms with Crippen molar-refractivity contribution in [2.45, 2.75) is 25.0 Å². The Morgan fingerprint density at radius 2 is 2.07 bits per heavy atom. The summed E-state index contributed by atoms with van der Waals surface area (Å²) in [5, 5.41) is 14.2. The van der Waals surface area contributed by atoms with Crippen molar-refractivity contribution in [3.8, 4) is 22.2 Å². The minimum Gasteiger partial charge on any atom is -0.497 e. The molecule has 0 saturated carbocycles. The van der Waals surface area contributed by atoms with Gasteiger partial charge in [-0.3, -0.25) is 9.36 Å². The summed E-state index contributed by atoms with van der Waals surface area (Å²) in [6.07, 6.45) is 0. The first-order chi connectivity index (χ1) is 13.5. The Balaban J connectivity index is 1.72. The number of carbonyl (C=O) groups is 1. The van der Waals surface area contributed by atoms with Crippen LogP contribution in [-0.4, -0.2) is 40.6 Å². The van der Waals surface area contributed by atoms with Gasteiger partial charge in [-0.15, -0.1) is 21.5 Å². The molecule has 0 unspecified atom stereocenters. The van der Waals surface area contributed by atoms with Crippen molar-refractivity contribution >= 4 is 34.7 Å². The minimum absolute atomic E-state index is 0.160. The first kappa shape index (κ1) is 20.2. The fraction of sp³-hybridized carbons (Fsp3) is 0.316. The van der Waals surface area contributed by atoms with Crippen LogP contribution in [0, 0.1) is 0 Å². The lowest BCUT2D eigenvalue weighted by Crippen LogP contribution is -2.15. The quantitative estimate of drug-likeness (QED) is 0.549. The maximum absolute atomic E-state index is 12.5. The normalized spacial score (nSPS) is 10.9. The van der Waals surface area contributed by atoms with E-state index in [-0.39, 0.29) is 17.7 Å². The van der Waals surface area contributed by atoms with Gasteiger partial charge in [-0.2, -0.15) is 0 Å². The van der Waals surface area contributed by atoms with Crippen LogP contribution in [0.25, 0.3) is 10.7 Å². The molecule has 148 valence electrons. The van der Waals surface area contributed by atoms with Crippen molar-refractivity contribution in [1.82, 2.24) is 14.8 Å². The maximum atomic E-state index is 12.5. The topological polar surface area (TPSA) is 78.3 Å². The van der Waals surface area contributed by atoms with Crippen LogP contribution in [0.2, 0.25) is 0 Å². The lowest BCUT2D eigenvalue weighted by molar-refractivity contribution is -0.113. The Labute approximate surface area is 172 Å². The molecule has 3 aromatic rings. The number of thiophene rings is 1. The molecule has 1 amide bonds. The second-order valence-electron chi connectivity index (χ2n) is 6.15. The van der Waals surface area contributed by atoms with Crippen molar-refractivity contribution in [1.29, 1.82) is 0 Å². The summed E-state index contributed by atoms with van der Waals surface area (Å²) in [4.78, 5) is 13.5. The highest BCUT2D eigenvalue weighted by Gasteiger charge is 2.19. The summed E-state index contributed by atoms with van der Waals surface area (Å²) in [6.45, 7) is 4.15. The number of methoxy groups -OCH3 is 2. The van der Waals surface area contributed by atoms with Gasteiger partial charge in [0.25, 0.3) is 0 Å². The van der Waals surface area contributed by atoms with Crippen LogP contribution < -0.4 is 14.8 Å². The summed E-state index contributed by atoms with van der Waals surface area (Å²) < 4.78 is 12.6. The van der Waals surface area contributed by atoms with E-state index in [9.17, 15) is 4.79 Å². The molecule has 2 aromatic heterocycles. The molecule has 1 aromatic carbocycles. The molecule has 1 N–H and O–H groups in total. The Bertz CT molecular complexity index is 939. The monoisotopic (exact) mass is 418 g/mol. The first-order valence-electron chi connectivity index (χ1n) is 8.67. The summed E-state index contributed by atoms with van der Waals surface area (Å²) in [7, 11) is 3.14. The molecule has 7 nitrogen and oxygen atoms in total. The van der Waals surface area contributed by atoms with Gasteiger partial charge in [-0.1, -0.05) is 17.8 Å². The van der Waals surface area contributed by atoms with Gasteiger partial charge in [0.15, 0.2) is 11.0 Å². The van der Waals surface area contributed by atoms with E-state index in [2.05, 4.69) is 33.9 Å². The van der Waals surface area contributed by atoms with Crippen LogP contribution in [0.15, 0.2) is 40.9 Å². The Morgan fingerprint density at radius 1 is 1.25 bits per heavy atom. The van der Waals surface area contributed by atoms with Crippen molar-refractivity contribution in [2.75, 3.05) is 25.3 Å². The van der Waals surface area contributed by atoms with Crippen molar-refractivity contribution in [2.24, 2.45) is 0 Å². The average Bonchev–Trinajstić information content (AvgIpc) is 3.35. The number of hydrogen-bond acceptors (Lipinski definition) is 7. The van der Waals surface area contributed by atoms with E-state index in [1.165, 1.54) is 11.8 Å². The zero-order valence-corrected chi connectivity index (χ0v) is 17.8. The van der Waals surface area contributed by atoms with Crippen LogP contribution >= 0.6 is 23.1 Å². The Hall–Kier alpha value is -2.52. The van der Waals surface area contributed by atoms with Crippen LogP contribution in [0.1, 0.15) is 19.9 Å². The first-order valence-corrected chi connectivity index (χ1v) is 10.5. The molecule has 0 saturated heterocycles. The third kappa shape index (κ3) is 4.48. The van der Waals surface area contributed by atoms with Gasteiger partial charge in [0.1, 0.15) is 11.5 Å². The number of carbonyl (C=O) groups excluding carboxylic acids is 1. The molecule has 0 spiro atoms. The standard InChI is InChI=1S/C19H22N4O3S2/c1-12(2)23-18(16-6-5-9-27-16)21-22-19(23)28-11-17(24)20-14-10-13(25-3)7-8-15(14)26-4/h5-10,12H,11H2,1-4H3,(H,20,24). The summed E-state index contributed by atoms with van der Waals surface area (Å²) in [5.74, 6) is 2.08. The second kappa shape index (κ2) is 9.11. The van der Waals surface area contributed by atoms with E-state index in [4.69, 9.17) is 9.47 Å². The second-order valence-corrected chi connectivity index (χ2v) is 8.04. The number of rotatable bonds is 8. The highest BCUT2D eigenvalue weighted by atomic mass is 32.2. The molecule has 0 bridgehead atoms. The van der Waals surface area contributed by atoms with Crippen LogP contribution in [0.3, 0.4) is 0 Å². The van der Waals surface area contributed by atoms with E-state index in [0.717, 1.165) is 10.7 Å².